The first kappa shape index (κ1) is 12.5. The molecule has 0 aliphatic carbocycles. The lowest BCUT2D eigenvalue weighted by Gasteiger charge is -2.11. The second-order valence-corrected chi connectivity index (χ2v) is 4.45. The summed E-state index contributed by atoms with van der Waals surface area (Å²) in [5, 5.41) is 3.47. The minimum atomic E-state index is 0.828. The molecule has 2 aromatic rings. The number of anilines is 1. The predicted molar refractivity (Wildman–Crippen MR) is 76.2 cm³/mol. The summed E-state index contributed by atoms with van der Waals surface area (Å²) in [5.74, 6) is 0.894. The third-order valence-electron chi connectivity index (χ3n) is 3.25. The Kier molecular flexibility index (Phi) is 3.88. The van der Waals surface area contributed by atoms with Crippen LogP contribution in [-0.2, 0) is 6.54 Å². The summed E-state index contributed by atoms with van der Waals surface area (Å²) in [4.78, 5) is 0. The smallest absolute Gasteiger partial charge is 0.118 e. The number of rotatable bonds is 4. The first-order valence-corrected chi connectivity index (χ1v) is 6.13. The molecule has 0 amide bonds. The van der Waals surface area contributed by atoms with Crippen LogP contribution in [0.2, 0.25) is 0 Å². The summed E-state index contributed by atoms with van der Waals surface area (Å²) in [6, 6.07) is 14.5. The molecule has 0 unspecified atom stereocenters. The Labute approximate surface area is 109 Å². The maximum Gasteiger partial charge on any atom is 0.118 e. The molecule has 94 valence electrons. The Balaban J connectivity index is 2.04. The van der Waals surface area contributed by atoms with E-state index in [9.17, 15) is 0 Å². The number of nitrogens with one attached hydrogen (secondary N) is 1. The Bertz CT molecular complexity index is 517. The van der Waals surface area contributed by atoms with Crippen molar-refractivity contribution in [1.82, 2.24) is 0 Å². The zero-order valence-electron chi connectivity index (χ0n) is 11.2. The molecule has 0 atom stereocenters. The van der Waals surface area contributed by atoms with Crippen LogP contribution in [0.5, 0.6) is 5.75 Å². The Morgan fingerprint density at radius 2 is 1.72 bits per heavy atom. The maximum absolute atomic E-state index is 5.15. The molecule has 18 heavy (non-hydrogen) atoms. The summed E-state index contributed by atoms with van der Waals surface area (Å²) in [7, 11) is 1.68. The van der Waals surface area contributed by atoms with Gasteiger partial charge in [0.05, 0.1) is 7.11 Å². The lowest BCUT2D eigenvalue weighted by molar-refractivity contribution is 0.414. The zero-order valence-corrected chi connectivity index (χ0v) is 11.2. The van der Waals surface area contributed by atoms with Gasteiger partial charge in [0.2, 0.25) is 0 Å². The van der Waals surface area contributed by atoms with Crippen molar-refractivity contribution >= 4 is 5.69 Å². The third kappa shape index (κ3) is 2.83. The summed E-state index contributed by atoms with van der Waals surface area (Å²) in [6.07, 6.45) is 0. The van der Waals surface area contributed by atoms with E-state index < -0.39 is 0 Å². The van der Waals surface area contributed by atoms with Crippen LogP contribution >= 0.6 is 0 Å². The molecule has 0 aliphatic rings. The molecular weight excluding hydrogens is 222 g/mol. The number of benzene rings is 2. The van der Waals surface area contributed by atoms with Gasteiger partial charge in [0.1, 0.15) is 5.75 Å². The number of aryl methyl sites for hydroxylation is 1. The van der Waals surface area contributed by atoms with Crippen molar-refractivity contribution in [3.05, 3.63) is 59.2 Å². The van der Waals surface area contributed by atoms with Gasteiger partial charge in [0.25, 0.3) is 0 Å². The fourth-order valence-electron chi connectivity index (χ4n) is 1.88. The highest BCUT2D eigenvalue weighted by Crippen LogP contribution is 2.19. The van der Waals surface area contributed by atoms with Crippen molar-refractivity contribution in [1.29, 1.82) is 0 Å². The van der Waals surface area contributed by atoms with Crippen molar-refractivity contribution in [2.24, 2.45) is 0 Å². The van der Waals surface area contributed by atoms with E-state index in [1.807, 2.05) is 12.1 Å². The topological polar surface area (TPSA) is 21.3 Å². The van der Waals surface area contributed by atoms with Crippen LogP contribution in [0.25, 0.3) is 0 Å². The van der Waals surface area contributed by atoms with E-state index >= 15 is 0 Å². The van der Waals surface area contributed by atoms with Crippen molar-refractivity contribution in [2.45, 2.75) is 20.4 Å². The van der Waals surface area contributed by atoms with Crippen LogP contribution in [0.3, 0.4) is 0 Å². The molecule has 1 N–H and O–H groups in total. The van der Waals surface area contributed by atoms with E-state index in [1.54, 1.807) is 7.11 Å². The highest BCUT2D eigenvalue weighted by Gasteiger charge is 2.00. The molecule has 2 nitrogen and oxygen atoms in total. The Morgan fingerprint density at radius 3 is 2.39 bits per heavy atom. The molecule has 0 radical (unpaired) electrons. The average molecular weight is 241 g/mol. The van der Waals surface area contributed by atoms with Gasteiger partial charge in [-0.15, -0.1) is 0 Å². The van der Waals surface area contributed by atoms with Gasteiger partial charge in [-0.1, -0.05) is 24.3 Å². The van der Waals surface area contributed by atoms with Crippen molar-refractivity contribution in [3.8, 4) is 5.75 Å². The molecule has 0 fully saturated rings. The van der Waals surface area contributed by atoms with Crippen molar-refractivity contribution < 1.29 is 4.74 Å². The fraction of sp³-hybridized carbons (Fsp3) is 0.250. The molecule has 2 heteroatoms. The first-order valence-electron chi connectivity index (χ1n) is 6.13. The Hall–Kier alpha value is -1.96. The third-order valence-corrected chi connectivity index (χ3v) is 3.25. The summed E-state index contributed by atoms with van der Waals surface area (Å²) < 4.78 is 5.15. The summed E-state index contributed by atoms with van der Waals surface area (Å²) in [6.45, 7) is 5.11. The molecule has 0 saturated carbocycles. The van der Waals surface area contributed by atoms with Gasteiger partial charge in [-0.2, -0.15) is 0 Å². The number of hydrogen-bond acceptors (Lipinski definition) is 2. The average Bonchev–Trinajstić information content (AvgIpc) is 2.41. The number of hydrogen-bond donors (Lipinski definition) is 1. The fourth-order valence-corrected chi connectivity index (χ4v) is 1.88. The van der Waals surface area contributed by atoms with E-state index in [1.165, 1.54) is 22.4 Å². The lowest BCUT2D eigenvalue weighted by Crippen LogP contribution is -2.01. The molecule has 0 aliphatic heterocycles. The highest BCUT2D eigenvalue weighted by molar-refractivity contribution is 5.53. The van der Waals surface area contributed by atoms with E-state index in [-0.39, 0.29) is 0 Å². The molecule has 2 aromatic carbocycles. The van der Waals surface area contributed by atoms with Gasteiger partial charge in [-0.3, -0.25) is 0 Å². The molecule has 0 aromatic heterocycles. The van der Waals surface area contributed by atoms with Crippen LogP contribution in [0.15, 0.2) is 42.5 Å². The van der Waals surface area contributed by atoms with E-state index in [2.05, 4.69) is 49.5 Å². The Morgan fingerprint density at radius 1 is 1.00 bits per heavy atom. The van der Waals surface area contributed by atoms with Crippen LogP contribution in [0.1, 0.15) is 16.7 Å². The van der Waals surface area contributed by atoms with Crippen molar-refractivity contribution in [2.75, 3.05) is 12.4 Å². The van der Waals surface area contributed by atoms with Crippen LogP contribution in [-0.4, -0.2) is 7.11 Å². The van der Waals surface area contributed by atoms with Crippen LogP contribution in [0.4, 0.5) is 5.69 Å². The summed E-state index contributed by atoms with van der Waals surface area (Å²) >= 11 is 0. The lowest BCUT2D eigenvalue weighted by atomic mass is 10.1. The molecular formula is C16H19NO. The first-order chi connectivity index (χ1) is 8.70. The van der Waals surface area contributed by atoms with Crippen molar-refractivity contribution in [3.63, 3.8) is 0 Å². The van der Waals surface area contributed by atoms with Gasteiger partial charge < -0.3 is 10.1 Å². The quantitative estimate of drug-likeness (QED) is 0.875. The highest BCUT2D eigenvalue weighted by atomic mass is 16.5. The minimum absolute atomic E-state index is 0.828. The SMILES string of the molecule is COc1ccc(CNc2cccc(C)c2C)cc1. The van der Waals surface area contributed by atoms with Crippen LogP contribution < -0.4 is 10.1 Å². The largest absolute Gasteiger partial charge is 0.497 e. The molecule has 0 heterocycles. The minimum Gasteiger partial charge on any atom is -0.497 e. The van der Waals surface area contributed by atoms with Crippen LogP contribution in [0, 0.1) is 13.8 Å². The number of methoxy groups -OCH3 is 1. The van der Waals surface area contributed by atoms with Gasteiger partial charge in [-0.05, 0) is 48.7 Å². The number of ether oxygens (including phenoxy) is 1. The maximum atomic E-state index is 5.15. The second kappa shape index (κ2) is 5.58. The van der Waals surface area contributed by atoms with Gasteiger partial charge in [0, 0.05) is 12.2 Å². The van der Waals surface area contributed by atoms with Gasteiger partial charge in [-0.25, -0.2) is 0 Å². The zero-order chi connectivity index (χ0) is 13.0. The van der Waals surface area contributed by atoms with E-state index in [4.69, 9.17) is 4.74 Å². The molecule has 0 spiro atoms. The molecule has 0 bridgehead atoms. The molecule has 2 rings (SSSR count). The van der Waals surface area contributed by atoms with Gasteiger partial charge >= 0.3 is 0 Å². The van der Waals surface area contributed by atoms with Gasteiger partial charge in [0.15, 0.2) is 0 Å². The summed E-state index contributed by atoms with van der Waals surface area (Å²) in [5.41, 5.74) is 5.07. The molecule has 0 saturated heterocycles. The second-order valence-electron chi connectivity index (χ2n) is 4.45. The van der Waals surface area contributed by atoms with E-state index in [0.717, 1.165) is 12.3 Å². The standard InChI is InChI=1S/C16H19NO/c1-12-5-4-6-16(13(12)2)17-11-14-7-9-15(18-3)10-8-14/h4-10,17H,11H2,1-3H3. The van der Waals surface area contributed by atoms with E-state index in [0.29, 0.717) is 0 Å². The normalized spacial score (nSPS) is 10.2. The predicted octanol–water partition coefficient (Wildman–Crippen LogP) is 3.92. The monoisotopic (exact) mass is 241 g/mol.